The number of rotatable bonds is 4. The maximum atomic E-state index is 12.1. The molecular formula is C11H12F3NO3. The van der Waals surface area contributed by atoms with Crippen LogP contribution >= 0.6 is 0 Å². The van der Waals surface area contributed by atoms with Gasteiger partial charge in [-0.15, -0.1) is 0 Å². The van der Waals surface area contributed by atoms with Crippen molar-refractivity contribution in [2.45, 2.75) is 12.8 Å². The lowest BCUT2D eigenvalue weighted by Crippen LogP contribution is -2.29. The molecule has 0 unspecified atom stereocenters. The van der Waals surface area contributed by atoms with Gasteiger partial charge in [-0.05, 0) is 17.7 Å². The van der Waals surface area contributed by atoms with Crippen LogP contribution in [0.25, 0.3) is 0 Å². The predicted molar refractivity (Wildman–Crippen MR) is 58.4 cm³/mol. The molecule has 0 fully saturated rings. The van der Waals surface area contributed by atoms with Gasteiger partial charge in [0.05, 0.1) is 13.7 Å². The highest BCUT2D eigenvalue weighted by Gasteiger charge is 2.38. The minimum absolute atomic E-state index is 0.00345. The molecule has 100 valence electrons. The van der Waals surface area contributed by atoms with E-state index in [9.17, 15) is 18.0 Å². The van der Waals surface area contributed by atoms with E-state index in [0.717, 1.165) is 0 Å². The number of carbonyl (C=O) groups is 1. The molecule has 0 atom stereocenters. The topological polar surface area (TPSA) is 47.6 Å². The van der Waals surface area contributed by atoms with Gasteiger partial charge in [0.2, 0.25) is 0 Å². The average molecular weight is 263 g/mol. The Kier molecular flexibility index (Phi) is 4.55. The highest BCUT2D eigenvalue weighted by Crippen LogP contribution is 2.24. The van der Waals surface area contributed by atoms with E-state index in [1.54, 1.807) is 11.4 Å². The molecule has 0 radical (unpaired) electrons. The third-order valence-corrected chi connectivity index (χ3v) is 2.03. The monoisotopic (exact) mass is 263 g/mol. The summed E-state index contributed by atoms with van der Waals surface area (Å²) < 4.78 is 46.1. The van der Waals surface area contributed by atoms with Crippen molar-refractivity contribution >= 4 is 11.6 Å². The number of ether oxygens (including phenoxy) is 2. The fourth-order valence-corrected chi connectivity index (χ4v) is 1.30. The number of amides is 1. The van der Waals surface area contributed by atoms with Gasteiger partial charge in [0, 0.05) is 18.9 Å². The Balaban J connectivity index is 2.94. The Hall–Kier alpha value is -1.76. The Morgan fingerprint density at radius 2 is 1.94 bits per heavy atom. The highest BCUT2D eigenvalue weighted by atomic mass is 19.4. The van der Waals surface area contributed by atoms with Gasteiger partial charge in [-0.3, -0.25) is 4.79 Å². The van der Waals surface area contributed by atoms with Gasteiger partial charge < -0.3 is 14.8 Å². The minimum Gasteiger partial charge on any atom is -0.497 e. The van der Waals surface area contributed by atoms with Crippen LogP contribution in [0.15, 0.2) is 18.2 Å². The van der Waals surface area contributed by atoms with Crippen LogP contribution in [0.1, 0.15) is 5.56 Å². The third kappa shape index (κ3) is 3.92. The summed E-state index contributed by atoms with van der Waals surface area (Å²) in [5, 5.41) is 1.76. The summed E-state index contributed by atoms with van der Waals surface area (Å²) in [5.41, 5.74) is 0.595. The van der Waals surface area contributed by atoms with Gasteiger partial charge in [-0.25, -0.2) is 0 Å². The zero-order chi connectivity index (χ0) is 13.8. The summed E-state index contributed by atoms with van der Waals surface area (Å²) in [6, 6.07) is 4.28. The molecule has 0 aliphatic rings. The quantitative estimate of drug-likeness (QED) is 0.907. The first-order chi connectivity index (χ1) is 8.36. The van der Waals surface area contributed by atoms with Gasteiger partial charge in [0.15, 0.2) is 0 Å². The normalized spacial score (nSPS) is 11.2. The number of nitrogens with one attached hydrogen (secondary N) is 1. The number of anilines is 1. The minimum atomic E-state index is -4.93. The van der Waals surface area contributed by atoms with Crippen molar-refractivity contribution in [1.82, 2.24) is 0 Å². The molecule has 0 spiro atoms. The fraction of sp³-hybridized carbons (Fsp3) is 0.364. The second-order valence-corrected chi connectivity index (χ2v) is 3.45. The Bertz CT molecular complexity index is 432. The van der Waals surface area contributed by atoms with E-state index in [1.807, 2.05) is 0 Å². The molecule has 1 rings (SSSR count). The molecule has 0 aliphatic heterocycles. The second kappa shape index (κ2) is 5.72. The average Bonchev–Trinajstić information content (AvgIpc) is 2.27. The van der Waals surface area contributed by atoms with Crippen molar-refractivity contribution in [3.05, 3.63) is 23.8 Å². The zero-order valence-corrected chi connectivity index (χ0v) is 9.80. The molecule has 0 saturated carbocycles. The highest BCUT2D eigenvalue weighted by molar-refractivity contribution is 5.95. The summed E-state index contributed by atoms with van der Waals surface area (Å²) in [6.45, 7) is 0.200. The maximum absolute atomic E-state index is 12.1. The second-order valence-electron chi connectivity index (χ2n) is 3.45. The van der Waals surface area contributed by atoms with E-state index in [0.29, 0.717) is 11.3 Å². The van der Waals surface area contributed by atoms with Crippen LogP contribution < -0.4 is 10.1 Å². The molecule has 0 bridgehead atoms. The summed E-state index contributed by atoms with van der Waals surface area (Å²) in [4.78, 5) is 10.8. The fourth-order valence-electron chi connectivity index (χ4n) is 1.30. The Morgan fingerprint density at radius 1 is 1.28 bits per heavy atom. The Labute approximate surface area is 102 Å². The van der Waals surface area contributed by atoms with Gasteiger partial charge in [-0.2, -0.15) is 13.2 Å². The van der Waals surface area contributed by atoms with Crippen LogP contribution in [-0.2, 0) is 16.1 Å². The van der Waals surface area contributed by atoms with Gasteiger partial charge >= 0.3 is 12.1 Å². The Morgan fingerprint density at radius 3 is 2.44 bits per heavy atom. The molecule has 18 heavy (non-hydrogen) atoms. The third-order valence-electron chi connectivity index (χ3n) is 2.03. The van der Waals surface area contributed by atoms with Crippen LogP contribution in [0.2, 0.25) is 0 Å². The molecule has 1 amide bonds. The first kappa shape index (κ1) is 14.3. The van der Waals surface area contributed by atoms with E-state index in [2.05, 4.69) is 0 Å². The van der Waals surface area contributed by atoms with E-state index >= 15 is 0 Å². The smallest absolute Gasteiger partial charge is 0.471 e. The molecule has 7 heteroatoms. The molecule has 4 nitrogen and oxygen atoms in total. The van der Waals surface area contributed by atoms with Crippen LogP contribution in [0, 0.1) is 0 Å². The van der Waals surface area contributed by atoms with E-state index < -0.39 is 12.1 Å². The van der Waals surface area contributed by atoms with Crippen molar-refractivity contribution < 1.29 is 27.4 Å². The summed E-state index contributed by atoms with van der Waals surface area (Å²) in [7, 11) is 2.83. The van der Waals surface area contributed by atoms with E-state index in [4.69, 9.17) is 9.47 Å². The van der Waals surface area contributed by atoms with Gasteiger partial charge in [0.25, 0.3) is 0 Å². The van der Waals surface area contributed by atoms with E-state index in [-0.39, 0.29) is 12.3 Å². The van der Waals surface area contributed by atoms with Crippen molar-refractivity contribution in [1.29, 1.82) is 0 Å². The molecule has 1 N–H and O–H groups in total. The molecule has 0 heterocycles. The van der Waals surface area contributed by atoms with Gasteiger partial charge in [-0.1, -0.05) is 0 Å². The number of benzene rings is 1. The maximum Gasteiger partial charge on any atom is 0.471 e. The number of hydrogen-bond acceptors (Lipinski definition) is 3. The zero-order valence-electron chi connectivity index (χ0n) is 9.80. The lowest BCUT2D eigenvalue weighted by molar-refractivity contribution is -0.167. The summed E-state index contributed by atoms with van der Waals surface area (Å²) in [5.74, 6) is -1.69. The standard InChI is InChI=1S/C11H12F3NO3/c1-17-6-7-3-8(5-9(4-7)18-2)15-10(16)11(12,13)14/h3-5H,6H2,1-2H3,(H,15,16). The van der Waals surface area contributed by atoms with Crippen LogP contribution in [0.4, 0.5) is 18.9 Å². The van der Waals surface area contributed by atoms with Crippen molar-refractivity contribution in [3.8, 4) is 5.75 Å². The number of hydrogen-bond donors (Lipinski definition) is 1. The van der Waals surface area contributed by atoms with Crippen LogP contribution in [0.5, 0.6) is 5.75 Å². The molecule has 0 saturated heterocycles. The van der Waals surface area contributed by atoms with E-state index in [1.165, 1.54) is 26.4 Å². The lowest BCUT2D eigenvalue weighted by Gasteiger charge is -2.11. The van der Waals surface area contributed by atoms with Crippen molar-refractivity contribution in [2.75, 3.05) is 19.5 Å². The molecule has 0 aromatic heterocycles. The van der Waals surface area contributed by atoms with Crippen molar-refractivity contribution in [3.63, 3.8) is 0 Å². The largest absolute Gasteiger partial charge is 0.497 e. The number of alkyl halides is 3. The molecule has 1 aromatic carbocycles. The molecular weight excluding hydrogens is 251 g/mol. The number of halogens is 3. The molecule has 0 aliphatic carbocycles. The van der Waals surface area contributed by atoms with Gasteiger partial charge in [0.1, 0.15) is 5.75 Å². The van der Waals surface area contributed by atoms with Crippen LogP contribution in [0.3, 0.4) is 0 Å². The lowest BCUT2D eigenvalue weighted by atomic mass is 10.2. The van der Waals surface area contributed by atoms with Crippen LogP contribution in [-0.4, -0.2) is 26.3 Å². The predicted octanol–water partition coefficient (Wildman–Crippen LogP) is 2.34. The first-order valence-corrected chi connectivity index (χ1v) is 4.92. The van der Waals surface area contributed by atoms with Crippen molar-refractivity contribution in [2.24, 2.45) is 0 Å². The molecule has 1 aromatic rings. The number of carbonyl (C=O) groups excluding carboxylic acids is 1. The first-order valence-electron chi connectivity index (χ1n) is 4.92. The summed E-state index contributed by atoms with van der Waals surface area (Å²) in [6.07, 6.45) is -4.93. The number of methoxy groups -OCH3 is 2. The SMILES string of the molecule is COCc1cc(NC(=O)C(F)(F)F)cc(OC)c1. The summed E-state index contributed by atoms with van der Waals surface area (Å²) >= 11 is 0.